The number of carbonyl (C=O) groups excluding carboxylic acids is 1. The van der Waals surface area contributed by atoms with Crippen molar-refractivity contribution in [2.24, 2.45) is 0 Å². The Morgan fingerprint density at radius 2 is 1.94 bits per heavy atom. The van der Waals surface area contributed by atoms with Crippen molar-refractivity contribution in [1.29, 1.82) is 0 Å². The first-order valence-electron chi connectivity index (χ1n) is 9.94. The van der Waals surface area contributed by atoms with Gasteiger partial charge < -0.3 is 23.9 Å². The van der Waals surface area contributed by atoms with E-state index in [1.807, 2.05) is 30.0 Å². The largest absolute Gasteiger partial charge is 0.490 e. The summed E-state index contributed by atoms with van der Waals surface area (Å²) in [5, 5.41) is 7.12. The lowest BCUT2D eigenvalue weighted by Gasteiger charge is -2.38. The van der Waals surface area contributed by atoms with E-state index in [1.54, 1.807) is 18.5 Å². The minimum absolute atomic E-state index is 0.0379. The van der Waals surface area contributed by atoms with Gasteiger partial charge in [-0.15, -0.1) is 0 Å². The lowest BCUT2D eigenvalue weighted by Crippen LogP contribution is -2.46. The molecule has 2 aliphatic rings. The van der Waals surface area contributed by atoms with Crippen molar-refractivity contribution in [3.05, 3.63) is 48.2 Å². The number of piperidine rings is 1. The Bertz CT molecular complexity index is 923. The Morgan fingerprint density at radius 1 is 1.25 bits per heavy atom. The monoisotopic (exact) mass is 456 g/mol. The van der Waals surface area contributed by atoms with Gasteiger partial charge in [0.1, 0.15) is 17.6 Å². The zero-order valence-electron chi connectivity index (χ0n) is 17.3. The van der Waals surface area contributed by atoms with Gasteiger partial charge in [0.05, 0.1) is 18.4 Å². The van der Waals surface area contributed by atoms with Gasteiger partial charge in [-0.3, -0.25) is 9.78 Å². The summed E-state index contributed by atoms with van der Waals surface area (Å²) >= 11 is 0. The van der Waals surface area contributed by atoms with Crippen molar-refractivity contribution in [1.82, 2.24) is 9.88 Å². The van der Waals surface area contributed by atoms with Gasteiger partial charge in [0, 0.05) is 25.7 Å². The number of amides is 1. The third kappa shape index (κ3) is 6.00. The first-order valence-corrected chi connectivity index (χ1v) is 9.94. The van der Waals surface area contributed by atoms with Crippen LogP contribution in [0, 0.1) is 6.92 Å². The second kappa shape index (κ2) is 9.60. The number of aryl methyl sites for hydroxylation is 1. The molecule has 1 spiro atoms. The van der Waals surface area contributed by atoms with Crippen LogP contribution in [0.5, 0.6) is 5.75 Å². The molecule has 1 amide bonds. The maximum absolute atomic E-state index is 12.5. The van der Waals surface area contributed by atoms with Crippen molar-refractivity contribution in [3.8, 4) is 5.75 Å². The van der Waals surface area contributed by atoms with E-state index in [2.05, 4.69) is 4.98 Å². The third-order valence-electron chi connectivity index (χ3n) is 5.27. The minimum atomic E-state index is -5.08. The van der Waals surface area contributed by atoms with Crippen LogP contribution in [0.2, 0.25) is 0 Å². The highest BCUT2D eigenvalue weighted by Gasteiger charge is 2.44. The van der Waals surface area contributed by atoms with Crippen LogP contribution in [-0.2, 0) is 9.53 Å². The van der Waals surface area contributed by atoms with Gasteiger partial charge >= 0.3 is 12.1 Å². The number of likely N-dealkylation sites (tertiary alicyclic amines) is 1. The molecule has 0 aliphatic carbocycles. The fraction of sp³-hybridized carbons (Fsp3) is 0.476. The quantitative estimate of drug-likeness (QED) is 0.755. The highest BCUT2D eigenvalue weighted by molar-refractivity contribution is 5.91. The van der Waals surface area contributed by atoms with Crippen molar-refractivity contribution in [3.63, 3.8) is 0 Å². The van der Waals surface area contributed by atoms with Crippen LogP contribution >= 0.6 is 0 Å². The molecule has 1 atom stereocenters. The lowest BCUT2D eigenvalue weighted by molar-refractivity contribution is -0.192. The van der Waals surface area contributed by atoms with E-state index in [1.165, 1.54) is 0 Å². The molecule has 2 aliphatic heterocycles. The molecule has 0 saturated carbocycles. The fourth-order valence-corrected chi connectivity index (χ4v) is 3.66. The predicted molar refractivity (Wildman–Crippen MR) is 104 cm³/mol. The van der Waals surface area contributed by atoms with Crippen molar-refractivity contribution in [2.45, 2.75) is 44.1 Å². The number of furan rings is 1. The number of carboxylic acid groups (broad SMARTS) is 1. The van der Waals surface area contributed by atoms with Crippen LogP contribution in [-0.4, -0.2) is 64.4 Å². The highest BCUT2D eigenvalue weighted by Crippen LogP contribution is 2.37. The first kappa shape index (κ1) is 23.6. The maximum Gasteiger partial charge on any atom is 0.490 e. The topological polar surface area (TPSA) is 102 Å². The number of nitrogens with zero attached hydrogens (tertiary/aromatic N) is 2. The van der Waals surface area contributed by atoms with Crippen LogP contribution in [0.1, 0.15) is 35.6 Å². The van der Waals surface area contributed by atoms with E-state index in [0.717, 1.165) is 30.8 Å². The second-order valence-electron chi connectivity index (χ2n) is 7.63. The van der Waals surface area contributed by atoms with Gasteiger partial charge in [-0.2, -0.15) is 13.2 Å². The van der Waals surface area contributed by atoms with Gasteiger partial charge in [0.15, 0.2) is 5.76 Å². The number of ether oxygens (including phenoxy) is 2. The van der Waals surface area contributed by atoms with Crippen LogP contribution < -0.4 is 4.74 Å². The summed E-state index contributed by atoms with van der Waals surface area (Å²) in [6, 6.07) is 7.33. The Labute approximate surface area is 181 Å². The molecule has 1 N–H and O–H groups in total. The molecule has 2 aromatic heterocycles. The number of aromatic nitrogens is 1. The number of alkyl halides is 3. The Hall–Kier alpha value is -3.08. The zero-order chi connectivity index (χ0) is 23.4. The average Bonchev–Trinajstić information content (AvgIpc) is 3.35. The van der Waals surface area contributed by atoms with Gasteiger partial charge in [-0.05, 0) is 44.0 Å². The number of pyridine rings is 1. The van der Waals surface area contributed by atoms with Crippen molar-refractivity contribution >= 4 is 11.9 Å². The number of hydrogen-bond acceptors (Lipinski definition) is 6. The average molecular weight is 456 g/mol. The van der Waals surface area contributed by atoms with E-state index < -0.39 is 12.1 Å². The molecule has 8 nitrogen and oxygen atoms in total. The molecule has 174 valence electrons. The highest BCUT2D eigenvalue weighted by atomic mass is 19.4. The van der Waals surface area contributed by atoms with Crippen LogP contribution in [0.4, 0.5) is 13.2 Å². The van der Waals surface area contributed by atoms with Gasteiger partial charge in [0.2, 0.25) is 0 Å². The van der Waals surface area contributed by atoms with E-state index in [0.29, 0.717) is 25.5 Å². The van der Waals surface area contributed by atoms with Crippen molar-refractivity contribution in [2.75, 3.05) is 19.7 Å². The molecule has 11 heteroatoms. The molecule has 4 heterocycles. The summed E-state index contributed by atoms with van der Waals surface area (Å²) in [6.07, 6.45) is 0.907. The zero-order valence-corrected chi connectivity index (χ0v) is 17.3. The summed E-state index contributed by atoms with van der Waals surface area (Å²) in [6.45, 7) is 3.79. The smallest absolute Gasteiger partial charge is 0.486 e. The molecular formula is C21H23F3N2O6. The third-order valence-corrected chi connectivity index (χ3v) is 5.27. The molecule has 2 aromatic rings. The summed E-state index contributed by atoms with van der Waals surface area (Å²) in [5.41, 5.74) is -0.178. The van der Waals surface area contributed by atoms with Gasteiger partial charge in [-0.1, -0.05) is 0 Å². The minimum Gasteiger partial charge on any atom is -0.486 e. The van der Waals surface area contributed by atoms with Crippen LogP contribution in [0.15, 0.2) is 41.1 Å². The van der Waals surface area contributed by atoms with E-state index in [-0.39, 0.29) is 17.6 Å². The first-order chi connectivity index (χ1) is 15.1. The van der Waals surface area contributed by atoms with E-state index in [9.17, 15) is 18.0 Å². The van der Waals surface area contributed by atoms with E-state index >= 15 is 0 Å². The van der Waals surface area contributed by atoms with Crippen LogP contribution in [0.3, 0.4) is 0 Å². The number of carboxylic acids is 1. The SMILES string of the molecule is Cc1ccc(C(=O)N2CCC3(CC2)CC(Oc2cccnc2)CO3)o1.O=C(O)C(F)(F)F. The summed E-state index contributed by atoms with van der Waals surface area (Å²) in [4.78, 5) is 27.3. The number of hydrogen-bond donors (Lipinski definition) is 1. The molecular weight excluding hydrogens is 433 g/mol. The standard InChI is InChI=1S/C19H22N2O4.C2HF3O2/c1-14-4-5-17(24-14)18(22)21-9-6-19(7-10-21)11-16(13-23-19)25-15-3-2-8-20-12-15;3-2(4,5)1(6)7/h2-5,8,12,16H,6-7,9-11,13H2,1H3;(H,6,7). The number of rotatable bonds is 3. The number of carbonyl (C=O) groups is 2. The normalized spacial score (nSPS) is 19.9. The van der Waals surface area contributed by atoms with Crippen LogP contribution in [0.25, 0.3) is 0 Å². The van der Waals surface area contributed by atoms with Gasteiger partial charge in [-0.25, -0.2) is 4.79 Å². The maximum atomic E-state index is 12.5. The molecule has 2 saturated heterocycles. The molecule has 4 rings (SSSR count). The molecule has 0 bridgehead atoms. The van der Waals surface area contributed by atoms with E-state index in [4.69, 9.17) is 23.8 Å². The Morgan fingerprint density at radius 3 is 2.47 bits per heavy atom. The molecule has 0 aromatic carbocycles. The molecule has 2 fully saturated rings. The number of halogens is 3. The Kier molecular flexibility index (Phi) is 7.07. The molecule has 0 radical (unpaired) electrons. The number of aliphatic carboxylic acids is 1. The fourth-order valence-electron chi connectivity index (χ4n) is 3.66. The predicted octanol–water partition coefficient (Wildman–Crippen LogP) is 3.46. The lowest BCUT2D eigenvalue weighted by atomic mass is 9.88. The Balaban J connectivity index is 0.000000360. The van der Waals surface area contributed by atoms with Crippen molar-refractivity contribution < 1.29 is 41.8 Å². The molecule has 32 heavy (non-hydrogen) atoms. The van der Waals surface area contributed by atoms with Gasteiger partial charge in [0.25, 0.3) is 5.91 Å². The summed E-state index contributed by atoms with van der Waals surface area (Å²) in [5.74, 6) is -0.851. The summed E-state index contributed by atoms with van der Waals surface area (Å²) in [7, 11) is 0. The second-order valence-corrected chi connectivity index (χ2v) is 7.63. The molecule has 1 unspecified atom stereocenters. The summed E-state index contributed by atoms with van der Waals surface area (Å²) < 4.78 is 49.3.